The topological polar surface area (TPSA) is 88.9 Å². The van der Waals surface area contributed by atoms with Crippen molar-refractivity contribution < 1.29 is 9.59 Å². The normalized spacial score (nSPS) is 10.5. The minimum absolute atomic E-state index is 0.0534. The fraction of sp³-hybridized carbons (Fsp3) is 0.333. The number of nitrogens with one attached hydrogen (secondary N) is 2. The molecule has 0 saturated carbocycles. The first-order chi connectivity index (χ1) is 11.5. The second-order valence-electron chi connectivity index (χ2n) is 5.01. The maximum Gasteiger partial charge on any atom is 0.321 e. The molecule has 0 atom stereocenters. The van der Waals surface area contributed by atoms with Gasteiger partial charge in [0, 0.05) is 11.6 Å². The maximum atomic E-state index is 11.8. The smallest absolute Gasteiger partial charge is 0.321 e. The molecule has 128 valence electrons. The molecule has 3 amide bonds. The van der Waals surface area contributed by atoms with Gasteiger partial charge >= 0.3 is 6.03 Å². The van der Waals surface area contributed by atoms with Crippen LogP contribution >= 0.6 is 23.4 Å². The molecule has 0 unspecified atom stereocenters. The van der Waals surface area contributed by atoms with Gasteiger partial charge in [0.2, 0.25) is 5.91 Å². The van der Waals surface area contributed by atoms with Crippen molar-refractivity contribution in [3.05, 3.63) is 35.1 Å². The third kappa shape index (κ3) is 4.97. The molecule has 1 aromatic heterocycles. The third-order valence-corrected chi connectivity index (χ3v) is 4.42. The molecule has 24 heavy (non-hydrogen) atoms. The highest BCUT2D eigenvalue weighted by Crippen LogP contribution is 2.23. The zero-order valence-corrected chi connectivity index (χ0v) is 14.9. The number of halogens is 1. The SMILES string of the molecule is CCCNC(=O)NC(=O)CSc1nncn1-c1ccc(C)c(Cl)c1. The predicted octanol–water partition coefficient (Wildman–Crippen LogP) is 2.56. The highest BCUT2D eigenvalue weighted by Gasteiger charge is 2.12. The number of aryl methyl sites for hydroxylation is 1. The minimum Gasteiger partial charge on any atom is -0.338 e. The summed E-state index contributed by atoms with van der Waals surface area (Å²) in [5.41, 5.74) is 1.78. The Morgan fingerprint density at radius 3 is 2.88 bits per heavy atom. The lowest BCUT2D eigenvalue weighted by Gasteiger charge is -2.08. The van der Waals surface area contributed by atoms with E-state index in [9.17, 15) is 9.59 Å². The lowest BCUT2D eigenvalue weighted by molar-refractivity contribution is -0.117. The number of imide groups is 1. The van der Waals surface area contributed by atoms with Crippen LogP contribution in [0.1, 0.15) is 18.9 Å². The second kappa shape index (κ2) is 8.70. The van der Waals surface area contributed by atoms with Crippen molar-refractivity contribution in [2.45, 2.75) is 25.4 Å². The lowest BCUT2D eigenvalue weighted by atomic mass is 10.2. The highest BCUT2D eigenvalue weighted by molar-refractivity contribution is 7.99. The van der Waals surface area contributed by atoms with Crippen LogP contribution in [0, 0.1) is 6.92 Å². The van der Waals surface area contributed by atoms with Crippen molar-refractivity contribution in [3.8, 4) is 5.69 Å². The summed E-state index contributed by atoms with van der Waals surface area (Å²) in [6, 6.07) is 5.11. The van der Waals surface area contributed by atoms with Gasteiger partial charge < -0.3 is 5.32 Å². The van der Waals surface area contributed by atoms with Crippen LogP contribution in [-0.2, 0) is 4.79 Å². The number of hydrogen-bond acceptors (Lipinski definition) is 5. The monoisotopic (exact) mass is 367 g/mol. The zero-order valence-electron chi connectivity index (χ0n) is 13.4. The summed E-state index contributed by atoms with van der Waals surface area (Å²) in [7, 11) is 0. The highest BCUT2D eigenvalue weighted by atomic mass is 35.5. The summed E-state index contributed by atoms with van der Waals surface area (Å²) in [5, 5.41) is 13.9. The molecule has 0 aliphatic rings. The molecular weight excluding hydrogens is 350 g/mol. The quantitative estimate of drug-likeness (QED) is 0.766. The second-order valence-corrected chi connectivity index (χ2v) is 6.36. The molecule has 0 radical (unpaired) electrons. The fourth-order valence-corrected chi connectivity index (χ4v) is 2.71. The summed E-state index contributed by atoms with van der Waals surface area (Å²) in [4.78, 5) is 23.2. The first kappa shape index (κ1) is 18.3. The van der Waals surface area contributed by atoms with Crippen LogP contribution < -0.4 is 10.6 Å². The lowest BCUT2D eigenvalue weighted by Crippen LogP contribution is -2.40. The van der Waals surface area contributed by atoms with Crippen LogP contribution in [0.15, 0.2) is 29.7 Å². The van der Waals surface area contributed by atoms with E-state index in [-0.39, 0.29) is 5.75 Å². The van der Waals surface area contributed by atoms with Gasteiger partial charge in [-0.15, -0.1) is 10.2 Å². The van der Waals surface area contributed by atoms with Crippen LogP contribution in [0.5, 0.6) is 0 Å². The van der Waals surface area contributed by atoms with Crippen molar-refractivity contribution in [2.75, 3.05) is 12.3 Å². The number of benzene rings is 1. The van der Waals surface area contributed by atoms with Gasteiger partial charge in [0.25, 0.3) is 0 Å². The van der Waals surface area contributed by atoms with E-state index in [1.54, 1.807) is 10.9 Å². The summed E-state index contributed by atoms with van der Waals surface area (Å²) < 4.78 is 1.74. The number of rotatable bonds is 6. The number of hydrogen-bond donors (Lipinski definition) is 2. The number of carbonyl (C=O) groups is 2. The Balaban J connectivity index is 1.97. The number of urea groups is 1. The van der Waals surface area contributed by atoms with Crippen LogP contribution in [0.3, 0.4) is 0 Å². The molecule has 0 bridgehead atoms. The Kier molecular flexibility index (Phi) is 6.62. The van der Waals surface area contributed by atoms with Gasteiger partial charge in [-0.3, -0.25) is 14.7 Å². The van der Waals surface area contributed by atoms with Crippen molar-refractivity contribution >= 4 is 35.3 Å². The molecule has 0 aliphatic heterocycles. The Morgan fingerprint density at radius 1 is 1.38 bits per heavy atom. The number of amides is 3. The van der Waals surface area contributed by atoms with Gasteiger partial charge in [0.15, 0.2) is 5.16 Å². The van der Waals surface area contributed by atoms with Gasteiger partial charge in [0.1, 0.15) is 6.33 Å². The van der Waals surface area contributed by atoms with Gasteiger partial charge in [-0.2, -0.15) is 0 Å². The Labute approximate surface area is 149 Å². The Bertz CT molecular complexity index is 734. The largest absolute Gasteiger partial charge is 0.338 e. The molecule has 2 rings (SSSR count). The van der Waals surface area contributed by atoms with Crippen LogP contribution in [-0.4, -0.2) is 39.0 Å². The first-order valence-corrected chi connectivity index (χ1v) is 8.74. The Morgan fingerprint density at radius 2 is 2.17 bits per heavy atom. The van der Waals surface area contributed by atoms with Crippen LogP contribution in [0.2, 0.25) is 5.02 Å². The number of carbonyl (C=O) groups excluding carboxylic acids is 2. The van der Waals surface area contributed by atoms with Gasteiger partial charge in [-0.05, 0) is 31.0 Å². The van der Waals surface area contributed by atoms with E-state index in [1.807, 2.05) is 32.0 Å². The maximum absolute atomic E-state index is 11.8. The number of nitrogens with zero attached hydrogens (tertiary/aromatic N) is 3. The minimum atomic E-state index is -0.491. The van der Waals surface area contributed by atoms with E-state index < -0.39 is 11.9 Å². The summed E-state index contributed by atoms with van der Waals surface area (Å²) in [6.45, 7) is 4.37. The number of aromatic nitrogens is 3. The molecule has 0 saturated heterocycles. The first-order valence-electron chi connectivity index (χ1n) is 7.38. The van der Waals surface area contributed by atoms with E-state index >= 15 is 0 Å². The number of thioether (sulfide) groups is 1. The average Bonchev–Trinajstić information content (AvgIpc) is 3.02. The van der Waals surface area contributed by atoms with Crippen molar-refractivity contribution in [1.29, 1.82) is 0 Å². The van der Waals surface area contributed by atoms with Gasteiger partial charge in [-0.1, -0.05) is 36.4 Å². The summed E-state index contributed by atoms with van der Waals surface area (Å²) >= 11 is 7.33. The average molecular weight is 368 g/mol. The summed E-state index contributed by atoms with van der Waals surface area (Å²) in [5.74, 6) is -0.345. The van der Waals surface area contributed by atoms with E-state index in [1.165, 1.54) is 11.8 Å². The van der Waals surface area contributed by atoms with Crippen LogP contribution in [0.25, 0.3) is 5.69 Å². The van der Waals surface area contributed by atoms with Gasteiger partial charge in [0.05, 0.1) is 11.4 Å². The zero-order chi connectivity index (χ0) is 17.5. The summed E-state index contributed by atoms with van der Waals surface area (Å²) in [6.07, 6.45) is 2.35. The molecule has 1 aromatic carbocycles. The predicted molar refractivity (Wildman–Crippen MR) is 93.7 cm³/mol. The molecule has 0 spiro atoms. The van der Waals surface area contributed by atoms with E-state index in [0.29, 0.717) is 16.7 Å². The van der Waals surface area contributed by atoms with Crippen molar-refractivity contribution in [3.63, 3.8) is 0 Å². The third-order valence-electron chi connectivity index (χ3n) is 3.07. The molecule has 1 heterocycles. The van der Waals surface area contributed by atoms with E-state index in [0.717, 1.165) is 17.7 Å². The molecule has 2 aromatic rings. The Hall–Kier alpha value is -2.06. The molecule has 7 nitrogen and oxygen atoms in total. The molecule has 2 N–H and O–H groups in total. The molecule has 0 fully saturated rings. The van der Waals surface area contributed by atoms with E-state index in [4.69, 9.17) is 11.6 Å². The van der Waals surface area contributed by atoms with Gasteiger partial charge in [-0.25, -0.2) is 4.79 Å². The molecule has 9 heteroatoms. The standard InChI is InChI=1S/C15H18ClN5O2S/c1-3-6-17-14(23)19-13(22)8-24-15-20-18-9-21(15)11-5-4-10(2)12(16)7-11/h4-5,7,9H,3,6,8H2,1-2H3,(H2,17,19,22,23). The van der Waals surface area contributed by atoms with Crippen molar-refractivity contribution in [1.82, 2.24) is 25.4 Å². The van der Waals surface area contributed by atoms with E-state index in [2.05, 4.69) is 20.8 Å². The van der Waals surface area contributed by atoms with Crippen molar-refractivity contribution in [2.24, 2.45) is 0 Å². The fourth-order valence-electron chi connectivity index (χ4n) is 1.81. The molecule has 0 aliphatic carbocycles. The van der Waals surface area contributed by atoms with Crippen LogP contribution in [0.4, 0.5) is 4.79 Å². The molecular formula is C15H18ClN5O2S.